The van der Waals surface area contributed by atoms with Gasteiger partial charge in [-0.1, -0.05) is 91.9 Å². The Kier molecular flexibility index (Phi) is 12.1. The molecule has 0 saturated heterocycles. The van der Waals surface area contributed by atoms with E-state index in [2.05, 4.69) is 0 Å². The minimum atomic E-state index is -4.69. The fourth-order valence-electron chi connectivity index (χ4n) is 6.10. The maximum atomic E-state index is 12.7. The summed E-state index contributed by atoms with van der Waals surface area (Å²) in [6.45, 7) is 4.34. The Hall–Kier alpha value is -4.87. The number of nitrogens with two attached hydrogens (primary N) is 1. The van der Waals surface area contributed by atoms with Gasteiger partial charge in [0.1, 0.15) is 4.90 Å². The fraction of sp³-hybridized carbons (Fsp3) is 0.135. The average Bonchev–Trinajstić information content (AvgIpc) is 3.10. The summed E-state index contributed by atoms with van der Waals surface area (Å²) in [4.78, 5) is 1.17. The molecule has 0 bridgehead atoms. The second-order valence-corrected chi connectivity index (χ2v) is 15.8. The molecule has 274 valence electrons. The highest BCUT2D eigenvalue weighted by molar-refractivity contribution is 7.86. The highest BCUT2D eigenvalue weighted by Gasteiger charge is 2.23. The van der Waals surface area contributed by atoms with Gasteiger partial charge in [0, 0.05) is 41.2 Å². The molecule has 5 aromatic carbocycles. The summed E-state index contributed by atoms with van der Waals surface area (Å²) in [5, 5.41) is 1.09. The molecule has 0 aliphatic rings. The lowest BCUT2D eigenvalue weighted by Crippen LogP contribution is -2.24. The Morgan fingerprint density at radius 3 is 1.75 bits per heavy atom. The number of benzene rings is 5. The van der Waals surface area contributed by atoms with E-state index in [1.54, 1.807) is 61.5 Å². The molecule has 0 aliphatic carbocycles. The van der Waals surface area contributed by atoms with Gasteiger partial charge in [0.25, 0.3) is 30.4 Å². The Morgan fingerprint density at radius 1 is 0.615 bits per heavy atom. The molecule has 5 rings (SSSR count). The van der Waals surface area contributed by atoms with Crippen molar-refractivity contribution in [2.45, 2.75) is 41.5 Å². The van der Waals surface area contributed by atoms with Crippen LogP contribution in [0.15, 0.2) is 130 Å². The highest BCUT2D eigenvalue weighted by atomic mass is 32.2. The van der Waals surface area contributed by atoms with Crippen molar-refractivity contribution in [3.63, 3.8) is 0 Å². The SMILES string of the molecule is CCc1c(C(N)=c2ccc(=C(c3ccccc3N(CC)Cc3cccc(S(=O)(=O)O)c3)c3ccccc3S(=O)(=O)O)cc2)cccc1S(=O)(=O)O.O. The second kappa shape index (κ2) is 15.8. The van der Waals surface area contributed by atoms with Crippen molar-refractivity contribution < 1.29 is 44.4 Å². The lowest BCUT2D eigenvalue weighted by atomic mass is 9.93. The van der Waals surface area contributed by atoms with E-state index in [1.165, 1.54) is 42.5 Å². The van der Waals surface area contributed by atoms with E-state index in [4.69, 9.17) is 5.73 Å². The Balaban J connectivity index is 0.00000605. The highest BCUT2D eigenvalue weighted by Crippen LogP contribution is 2.34. The predicted octanol–water partition coefficient (Wildman–Crippen LogP) is 3.55. The van der Waals surface area contributed by atoms with Crippen LogP contribution >= 0.6 is 0 Å². The third kappa shape index (κ3) is 8.59. The Labute approximate surface area is 302 Å². The van der Waals surface area contributed by atoms with Crippen molar-refractivity contribution in [2.75, 3.05) is 11.4 Å². The van der Waals surface area contributed by atoms with Crippen LogP contribution in [0.2, 0.25) is 0 Å². The molecule has 5 aromatic rings. The zero-order valence-electron chi connectivity index (χ0n) is 28.1. The van der Waals surface area contributed by atoms with Crippen molar-refractivity contribution >= 4 is 47.3 Å². The molecule has 52 heavy (non-hydrogen) atoms. The summed E-state index contributed by atoms with van der Waals surface area (Å²) in [6, 6.07) is 30.6. The standard InChI is InChI=1S/C37H36N2O9S3.H2O/c1-3-29-30(15-10-18-34(29)50(43,44)45)37(38)27-21-19-26(20-22-27)36(32-14-6-8-17-35(32)51(46,47)48)31-13-5-7-16-33(31)39(4-2)24-25-11-9-12-28(23-25)49(40,41)42;/h5-23H,3-4,24,38H2,1-2H3,(H,40,41,42)(H,43,44,45)(H,46,47,48);1H2. The first kappa shape index (κ1) is 39.9. The van der Waals surface area contributed by atoms with Gasteiger partial charge in [-0.15, -0.1) is 0 Å². The van der Waals surface area contributed by atoms with E-state index in [0.717, 1.165) is 0 Å². The van der Waals surface area contributed by atoms with Gasteiger partial charge in [0.2, 0.25) is 0 Å². The molecule has 0 saturated carbocycles. The van der Waals surface area contributed by atoms with E-state index in [1.807, 2.05) is 30.0 Å². The predicted molar refractivity (Wildman–Crippen MR) is 199 cm³/mol. The minimum absolute atomic E-state index is 0. The Morgan fingerprint density at radius 2 is 1.15 bits per heavy atom. The summed E-state index contributed by atoms with van der Waals surface area (Å²) in [6.07, 6.45) is 0.277. The van der Waals surface area contributed by atoms with Gasteiger partial charge >= 0.3 is 0 Å². The van der Waals surface area contributed by atoms with Crippen LogP contribution in [0.1, 0.15) is 41.7 Å². The fourth-order valence-corrected chi connectivity index (χ4v) is 8.17. The first-order valence-corrected chi connectivity index (χ1v) is 20.0. The van der Waals surface area contributed by atoms with Crippen molar-refractivity contribution in [3.05, 3.63) is 154 Å². The van der Waals surface area contributed by atoms with E-state index in [9.17, 15) is 38.9 Å². The van der Waals surface area contributed by atoms with Crippen molar-refractivity contribution in [2.24, 2.45) is 5.73 Å². The molecule has 15 heteroatoms. The van der Waals surface area contributed by atoms with Crippen LogP contribution < -0.4 is 21.1 Å². The molecule has 0 unspecified atom stereocenters. The zero-order chi connectivity index (χ0) is 37.1. The first-order valence-electron chi connectivity index (χ1n) is 15.7. The molecule has 0 atom stereocenters. The topological polar surface area (TPSA) is 224 Å². The van der Waals surface area contributed by atoms with Crippen molar-refractivity contribution in [3.8, 4) is 0 Å². The van der Waals surface area contributed by atoms with E-state index in [-0.39, 0.29) is 44.4 Å². The van der Waals surface area contributed by atoms with Crippen molar-refractivity contribution in [1.29, 1.82) is 0 Å². The zero-order valence-corrected chi connectivity index (χ0v) is 30.6. The number of anilines is 1. The summed E-state index contributed by atoms with van der Waals surface area (Å²) in [5.74, 6) is 0. The van der Waals surface area contributed by atoms with Crippen LogP contribution in [0.3, 0.4) is 0 Å². The van der Waals surface area contributed by atoms with E-state index >= 15 is 0 Å². The maximum absolute atomic E-state index is 12.7. The number of hydrogen-bond acceptors (Lipinski definition) is 8. The van der Waals surface area contributed by atoms with Crippen LogP contribution in [0, 0.1) is 0 Å². The third-order valence-corrected chi connectivity index (χ3v) is 11.1. The van der Waals surface area contributed by atoms with Crippen LogP contribution in [0.25, 0.3) is 11.3 Å². The van der Waals surface area contributed by atoms with Crippen LogP contribution in [-0.2, 0) is 43.3 Å². The molecule has 0 aliphatic heterocycles. The molecular weight excluding hydrogens is 729 g/mol. The van der Waals surface area contributed by atoms with Gasteiger partial charge in [-0.25, -0.2) is 0 Å². The largest absolute Gasteiger partial charge is 0.412 e. The second-order valence-electron chi connectivity index (χ2n) is 11.6. The van der Waals surface area contributed by atoms with Crippen LogP contribution in [-0.4, -0.2) is 50.9 Å². The monoisotopic (exact) mass is 766 g/mol. The molecule has 0 heterocycles. The molecular formula is C37H38N2O10S3. The van der Waals surface area contributed by atoms with E-state index in [0.29, 0.717) is 50.5 Å². The van der Waals surface area contributed by atoms with Crippen molar-refractivity contribution in [1.82, 2.24) is 0 Å². The maximum Gasteiger partial charge on any atom is 0.295 e. The number of para-hydroxylation sites is 1. The lowest BCUT2D eigenvalue weighted by molar-refractivity contribution is 0.480. The van der Waals surface area contributed by atoms with Gasteiger partial charge in [-0.05, 0) is 70.8 Å². The molecule has 0 amide bonds. The molecule has 0 fully saturated rings. The van der Waals surface area contributed by atoms with Crippen LogP contribution in [0.5, 0.6) is 0 Å². The lowest BCUT2D eigenvalue weighted by Gasteiger charge is -2.27. The normalized spacial score (nSPS) is 11.8. The molecule has 0 radical (unpaired) electrons. The van der Waals surface area contributed by atoms with E-state index < -0.39 is 30.4 Å². The Bertz CT molecular complexity index is 2570. The summed E-state index contributed by atoms with van der Waals surface area (Å²) >= 11 is 0. The first-order chi connectivity index (χ1) is 24.0. The summed E-state index contributed by atoms with van der Waals surface area (Å²) in [5.41, 5.74) is 10.2. The smallest absolute Gasteiger partial charge is 0.295 e. The van der Waals surface area contributed by atoms with Gasteiger partial charge in [-0.3, -0.25) is 13.7 Å². The third-order valence-electron chi connectivity index (χ3n) is 8.44. The number of hydrogen-bond donors (Lipinski definition) is 4. The van der Waals surface area contributed by atoms with Crippen LogP contribution in [0.4, 0.5) is 5.69 Å². The number of nitrogens with zero attached hydrogens (tertiary/aromatic N) is 1. The van der Waals surface area contributed by atoms with Gasteiger partial charge in [-0.2, -0.15) is 25.3 Å². The van der Waals surface area contributed by atoms with Gasteiger partial charge < -0.3 is 16.1 Å². The summed E-state index contributed by atoms with van der Waals surface area (Å²) in [7, 11) is -13.6. The quantitative estimate of drug-likeness (QED) is 0.142. The van der Waals surface area contributed by atoms with Gasteiger partial charge in [0.15, 0.2) is 0 Å². The molecule has 12 nitrogen and oxygen atoms in total. The average molecular weight is 767 g/mol. The molecule has 0 aromatic heterocycles. The number of rotatable bonds is 11. The minimum Gasteiger partial charge on any atom is -0.412 e. The molecule has 0 spiro atoms. The molecule has 7 N–H and O–H groups in total. The summed E-state index contributed by atoms with van der Waals surface area (Å²) < 4.78 is 103. The van der Waals surface area contributed by atoms with Gasteiger partial charge in [0.05, 0.1) is 9.79 Å².